The first-order valence-electron chi connectivity index (χ1n) is 6.32. The van der Waals surface area contributed by atoms with Gasteiger partial charge in [0, 0.05) is 12.1 Å². The van der Waals surface area contributed by atoms with Crippen LogP contribution in [0.5, 0.6) is 0 Å². The monoisotopic (exact) mass is 298 g/mol. The Kier molecular flexibility index (Phi) is 4.02. The van der Waals surface area contributed by atoms with Crippen LogP contribution in [0.3, 0.4) is 0 Å². The van der Waals surface area contributed by atoms with Gasteiger partial charge in [0.1, 0.15) is 10.3 Å². The Labute approximate surface area is 110 Å². The van der Waals surface area contributed by atoms with Crippen LogP contribution in [0.25, 0.3) is 0 Å². The predicted octanol–water partition coefficient (Wildman–Crippen LogP) is 3.46. The van der Waals surface area contributed by atoms with Crippen molar-refractivity contribution in [1.29, 1.82) is 0 Å². The van der Waals surface area contributed by atoms with Crippen molar-refractivity contribution in [2.75, 3.05) is 0 Å². The zero-order chi connectivity index (χ0) is 12.4. The van der Waals surface area contributed by atoms with E-state index in [-0.39, 0.29) is 5.56 Å². The van der Waals surface area contributed by atoms with E-state index in [2.05, 4.69) is 39.7 Å². The fraction of sp³-hybridized carbons (Fsp3) is 0.692. The van der Waals surface area contributed by atoms with Crippen LogP contribution >= 0.6 is 15.9 Å². The van der Waals surface area contributed by atoms with Crippen molar-refractivity contribution >= 4 is 15.9 Å². The van der Waals surface area contributed by atoms with Gasteiger partial charge in [-0.1, -0.05) is 13.8 Å². The van der Waals surface area contributed by atoms with Gasteiger partial charge in [0.15, 0.2) is 0 Å². The van der Waals surface area contributed by atoms with Crippen LogP contribution in [-0.2, 0) is 0 Å². The molecule has 2 rings (SSSR count). The lowest BCUT2D eigenvalue weighted by Gasteiger charge is -2.30. The second-order valence-corrected chi connectivity index (χ2v) is 6.16. The molecule has 1 aromatic heterocycles. The molecule has 0 unspecified atom stereocenters. The molecule has 1 aliphatic rings. The minimum Gasteiger partial charge on any atom is -0.309 e. The molecule has 0 radical (unpaired) electrons. The van der Waals surface area contributed by atoms with Crippen molar-refractivity contribution in [3.63, 3.8) is 0 Å². The molecule has 1 fully saturated rings. The number of hydrogen-bond acceptors (Lipinski definition) is 2. The fourth-order valence-corrected chi connectivity index (χ4v) is 2.86. The normalized spacial score (nSPS) is 25.2. The van der Waals surface area contributed by atoms with E-state index >= 15 is 0 Å². The molecular weight excluding hydrogens is 280 g/mol. The SMILES string of the molecule is CC(C)C1CCC(c2ncc(Br)c(=O)[nH]2)CC1. The maximum Gasteiger partial charge on any atom is 0.265 e. The Bertz CT molecular complexity index is 433. The number of aromatic nitrogens is 2. The number of rotatable bonds is 2. The van der Waals surface area contributed by atoms with Crippen LogP contribution in [0.15, 0.2) is 15.5 Å². The fourth-order valence-electron chi connectivity index (χ4n) is 2.66. The van der Waals surface area contributed by atoms with Gasteiger partial charge in [-0.05, 0) is 53.4 Å². The second kappa shape index (κ2) is 5.34. The van der Waals surface area contributed by atoms with Crippen molar-refractivity contribution in [2.45, 2.75) is 45.4 Å². The third-order valence-electron chi connectivity index (χ3n) is 3.88. The summed E-state index contributed by atoms with van der Waals surface area (Å²) in [5, 5.41) is 0. The number of nitrogens with zero attached hydrogens (tertiary/aromatic N) is 1. The van der Waals surface area contributed by atoms with Gasteiger partial charge >= 0.3 is 0 Å². The van der Waals surface area contributed by atoms with Gasteiger partial charge in [-0.3, -0.25) is 4.79 Å². The van der Waals surface area contributed by atoms with Crippen molar-refractivity contribution in [3.8, 4) is 0 Å². The molecule has 0 bridgehead atoms. The largest absolute Gasteiger partial charge is 0.309 e. The minimum absolute atomic E-state index is 0.0685. The molecule has 17 heavy (non-hydrogen) atoms. The highest BCUT2D eigenvalue weighted by Crippen LogP contribution is 2.37. The zero-order valence-corrected chi connectivity index (χ0v) is 12.0. The molecule has 1 N–H and O–H groups in total. The standard InChI is InChI=1S/C13H19BrN2O/c1-8(2)9-3-5-10(6-4-9)12-15-7-11(14)13(17)16-12/h7-10H,3-6H2,1-2H3,(H,15,16,17). The number of aromatic amines is 1. The quantitative estimate of drug-likeness (QED) is 0.909. The molecule has 4 heteroatoms. The average molecular weight is 299 g/mol. The van der Waals surface area contributed by atoms with E-state index in [9.17, 15) is 4.79 Å². The Morgan fingerprint density at radius 3 is 2.53 bits per heavy atom. The molecular formula is C13H19BrN2O. The Hall–Kier alpha value is -0.640. The van der Waals surface area contributed by atoms with Crippen molar-refractivity contribution in [2.24, 2.45) is 11.8 Å². The topological polar surface area (TPSA) is 45.8 Å². The first kappa shape index (κ1) is 12.8. The van der Waals surface area contributed by atoms with Crippen LogP contribution in [0.2, 0.25) is 0 Å². The summed E-state index contributed by atoms with van der Waals surface area (Å²) in [7, 11) is 0. The summed E-state index contributed by atoms with van der Waals surface area (Å²) in [5.41, 5.74) is -0.0685. The zero-order valence-electron chi connectivity index (χ0n) is 10.4. The first-order valence-corrected chi connectivity index (χ1v) is 7.12. The van der Waals surface area contributed by atoms with E-state index in [4.69, 9.17) is 0 Å². The molecule has 1 aromatic rings. The number of nitrogens with one attached hydrogen (secondary N) is 1. The summed E-state index contributed by atoms with van der Waals surface area (Å²) < 4.78 is 0.511. The van der Waals surface area contributed by atoms with Gasteiger partial charge in [0.05, 0.1) is 0 Å². The number of hydrogen-bond donors (Lipinski definition) is 1. The highest BCUT2D eigenvalue weighted by atomic mass is 79.9. The van der Waals surface area contributed by atoms with Crippen LogP contribution in [-0.4, -0.2) is 9.97 Å². The summed E-state index contributed by atoms with van der Waals surface area (Å²) >= 11 is 3.18. The van der Waals surface area contributed by atoms with Crippen LogP contribution in [0, 0.1) is 11.8 Å². The molecule has 3 nitrogen and oxygen atoms in total. The van der Waals surface area contributed by atoms with Gasteiger partial charge in [-0.25, -0.2) is 4.98 Å². The molecule has 1 saturated carbocycles. The summed E-state index contributed by atoms with van der Waals surface area (Å²) in [5.74, 6) is 2.91. The van der Waals surface area contributed by atoms with E-state index < -0.39 is 0 Å². The Morgan fingerprint density at radius 1 is 1.35 bits per heavy atom. The molecule has 1 heterocycles. The summed E-state index contributed by atoms with van der Waals surface area (Å²) in [4.78, 5) is 18.7. The average Bonchev–Trinajstić information content (AvgIpc) is 2.33. The summed E-state index contributed by atoms with van der Waals surface area (Å²) in [6, 6.07) is 0. The van der Waals surface area contributed by atoms with E-state index in [1.165, 1.54) is 12.8 Å². The molecule has 94 valence electrons. The van der Waals surface area contributed by atoms with Gasteiger partial charge < -0.3 is 4.98 Å². The first-order chi connectivity index (χ1) is 8.08. The highest BCUT2D eigenvalue weighted by molar-refractivity contribution is 9.10. The van der Waals surface area contributed by atoms with Crippen molar-refractivity contribution < 1.29 is 0 Å². The van der Waals surface area contributed by atoms with Crippen molar-refractivity contribution in [1.82, 2.24) is 9.97 Å². The molecule has 0 amide bonds. The molecule has 1 aliphatic carbocycles. The summed E-state index contributed by atoms with van der Waals surface area (Å²) in [6.07, 6.45) is 6.41. The van der Waals surface area contributed by atoms with Crippen LogP contribution in [0.4, 0.5) is 0 Å². The van der Waals surface area contributed by atoms with Gasteiger partial charge in [0.25, 0.3) is 5.56 Å². The van der Waals surface area contributed by atoms with Crippen LogP contribution < -0.4 is 5.56 Å². The van der Waals surface area contributed by atoms with Crippen LogP contribution in [0.1, 0.15) is 51.3 Å². The second-order valence-electron chi connectivity index (χ2n) is 5.30. The molecule has 0 atom stereocenters. The summed E-state index contributed by atoms with van der Waals surface area (Å²) in [6.45, 7) is 4.59. The third-order valence-corrected chi connectivity index (χ3v) is 4.44. The lowest BCUT2D eigenvalue weighted by atomic mass is 9.77. The van der Waals surface area contributed by atoms with Gasteiger partial charge in [0.2, 0.25) is 0 Å². The molecule has 0 spiro atoms. The van der Waals surface area contributed by atoms with E-state index in [0.717, 1.165) is 30.5 Å². The Balaban J connectivity index is 2.05. The molecule has 0 aromatic carbocycles. The van der Waals surface area contributed by atoms with E-state index in [0.29, 0.717) is 10.4 Å². The predicted molar refractivity (Wildman–Crippen MR) is 72.1 cm³/mol. The lowest BCUT2D eigenvalue weighted by Crippen LogP contribution is -2.21. The molecule has 0 saturated heterocycles. The lowest BCUT2D eigenvalue weighted by molar-refractivity contribution is 0.254. The maximum atomic E-state index is 11.5. The number of halogens is 1. The Morgan fingerprint density at radius 2 is 2.00 bits per heavy atom. The number of H-pyrrole nitrogens is 1. The molecule has 0 aliphatic heterocycles. The van der Waals surface area contributed by atoms with Gasteiger partial charge in [-0.15, -0.1) is 0 Å². The maximum absolute atomic E-state index is 11.5. The van der Waals surface area contributed by atoms with Crippen molar-refractivity contribution in [3.05, 3.63) is 26.8 Å². The third kappa shape index (κ3) is 2.97. The smallest absolute Gasteiger partial charge is 0.265 e. The minimum atomic E-state index is -0.0685. The van der Waals surface area contributed by atoms with E-state index in [1.54, 1.807) is 6.20 Å². The highest BCUT2D eigenvalue weighted by Gasteiger charge is 2.25. The van der Waals surface area contributed by atoms with Gasteiger partial charge in [-0.2, -0.15) is 0 Å². The van der Waals surface area contributed by atoms with E-state index in [1.807, 2.05) is 0 Å².